The fourth-order valence-corrected chi connectivity index (χ4v) is 6.51. The molecule has 3 aromatic carbocycles. The molecule has 3 saturated carbocycles. The first-order chi connectivity index (χ1) is 16.2. The van der Waals surface area contributed by atoms with Gasteiger partial charge in [-0.2, -0.15) is 0 Å². The van der Waals surface area contributed by atoms with E-state index in [1.165, 1.54) is 11.1 Å². The molecule has 0 radical (unpaired) electrons. The van der Waals surface area contributed by atoms with Crippen molar-refractivity contribution in [2.24, 2.45) is 17.8 Å². The van der Waals surface area contributed by atoms with Crippen LogP contribution >= 0.6 is 0 Å². The average Bonchev–Trinajstić information content (AvgIpc) is 3.27. The Morgan fingerprint density at radius 1 is 0.606 bits per heavy atom. The lowest BCUT2D eigenvalue weighted by molar-refractivity contribution is -0.147. The van der Waals surface area contributed by atoms with Gasteiger partial charge in [-0.25, -0.2) is 9.59 Å². The lowest BCUT2D eigenvalue weighted by Gasteiger charge is -2.53. The summed E-state index contributed by atoms with van der Waals surface area (Å²) in [6.07, 6.45) is 2.09. The SMILES string of the molecule is O=C(OC1C2CC[C@@H](C3Cc4ccccc4C23)C1OC(=O)c1ccccc1)c1ccccc1. The number of rotatable bonds is 4. The molecular formula is C29H26O4. The first kappa shape index (κ1) is 20.2. The fraction of sp³-hybridized carbons (Fsp3) is 0.310. The molecular weight excluding hydrogens is 412 g/mol. The minimum Gasteiger partial charge on any atom is -0.455 e. The molecule has 0 saturated heterocycles. The second-order valence-corrected chi connectivity index (χ2v) is 9.47. The maximum absolute atomic E-state index is 13.1. The molecule has 166 valence electrons. The standard InChI is InChI=1S/C29H26O4/c30-28(18-9-3-1-4-10-18)32-26-22-15-16-23(25-21-14-8-7-13-20(21)17-24(22)25)27(26)33-29(31)19-11-5-2-6-12-19/h1-14,22-27H,15-17H2/t22-,23?,24?,25?,26?,27?/m0/s1. The topological polar surface area (TPSA) is 52.6 Å². The molecule has 5 unspecified atom stereocenters. The molecule has 7 rings (SSSR count). The van der Waals surface area contributed by atoms with Crippen molar-refractivity contribution < 1.29 is 19.1 Å². The van der Waals surface area contributed by atoms with Crippen LogP contribution in [-0.2, 0) is 15.9 Å². The van der Waals surface area contributed by atoms with Gasteiger partial charge in [0.05, 0.1) is 11.1 Å². The maximum atomic E-state index is 13.1. The van der Waals surface area contributed by atoms with Crippen LogP contribution in [0.2, 0.25) is 0 Å². The monoisotopic (exact) mass is 438 g/mol. The third kappa shape index (κ3) is 3.45. The van der Waals surface area contributed by atoms with Crippen molar-refractivity contribution in [3.05, 3.63) is 107 Å². The van der Waals surface area contributed by atoms with E-state index in [0.717, 1.165) is 19.3 Å². The highest BCUT2D eigenvalue weighted by Crippen LogP contribution is 2.59. The van der Waals surface area contributed by atoms with Gasteiger partial charge in [0.2, 0.25) is 0 Å². The van der Waals surface area contributed by atoms with Gasteiger partial charge in [-0.15, -0.1) is 0 Å². The van der Waals surface area contributed by atoms with Gasteiger partial charge in [0, 0.05) is 11.8 Å². The summed E-state index contributed by atoms with van der Waals surface area (Å²) < 4.78 is 12.3. The summed E-state index contributed by atoms with van der Waals surface area (Å²) in [6.45, 7) is 0. The molecule has 0 amide bonds. The number of esters is 2. The lowest BCUT2D eigenvalue weighted by atomic mass is 9.56. The fourth-order valence-electron chi connectivity index (χ4n) is 6.51. The number of hydrogen-bond acceptors (Lipinski definition) is 4. The smallest absolute Gasteiger partial charge is 0.338 e. The Balaban J connectivity index is 1.34. The number of fused-ring (bicyclic) bond motifs is 3. The predicted molar refractivity (Wildman–Crippen MR) is 124 cm³/mol. The van der Waals surface area contributed by atoms with Crippen LogP contribution in [0.5, 0.6) is 0 Å². The number of carbonyl (C=O) groups is 2. The summed E-state index contributed by atoms with van der Waals surface area (Å²) in [7, 11) is 0. The highest BCUT2D eigenvalue weighted by molar-refractivity contribution is 5.90. The Labute approximate surface area is 193 Å². The van der Waals surface area contributed by atoms with Crippen LogP contribution in [0, 0.1) is 17.8 Å². The minimum absolute atomic E-state index is 0.143. The molecule has 4 aliphatic rings. The third-order valence-corrected chi connectivity index (χ3v) is 7.85. The van der Waals surface area contributed by atoms with Crippen LogP contribution < -0.4 is 0 Å². The Morgan fingerprint density at radius 3 is 1.76 bits per heavy atom. The van der Waals surface area contributed by atoms with Gasteiger partial charge in [-0.1, -0.05) is 60.7 Å². The van der Waals surface area contributed by atoms with Crippen LogP contribution in [0.15, 0.2) is 84.9 Å². The van der Waals surface area contributed by atoms with Crippen LogP contribution in [0.1, 0.15) is 50.6 Å². The van der Waals surface area contributed by atoms with Crippen molar-refractivity contribution in [3.8, 4) is 0 Å². The van der Waals surface area contributed by atoms with Crippen molar-refractivity contribution in [1.29, 1.82) is 0 Å². The number of hydrogen-bond donors (Lipinski definition) is 0. The molecule has 4 heteroatoms. The number of ether oxygens (including phenoxy) is 2. The van der Waals surface area contributed by atoms with E-state index in [0.29, 0.717) is 23.0 Å². The van der Waals surface area contributed by atoms with E-state index in [2.05, 4.69) is 24.3 Å². The molecule has 6 atom stereocenters. The Bertz CT molecular complexity index is 1170. The normalized spacial score (nSPS) is 29.1. The maximum Gasteiger partial charge on any atom is 0.338 e. The van der Waals surface area contributed by atoms with E-state index in [1.807, 2.05) is 36.4 Å². The molecule has 33 heavy (non-hydrogen) atoms. The van der Waals surface area contributed by atoms with E-state index >= 15 is 0 Å². The van der Waals surface area contributed by atoms with E-state index in [4.69, 9.17) is 9.47 Å². The molecule has 0 aromatic heterocycles. The second-order valence-electron chi connectivity index (χ2n) is 9.47. The van der Waals surface area contributed by atoms with Crippen molar-refractivity contribution in [2.75, 3.05) is 0 Å². The first-order valence-electron chi connectivity index (χ1n) is 11.8. The Hall–Kier alpha value is -3.40. The summed E-state index contributed by atoms with van der Waals surface area (Å²) >= 11 is 0. The van der Waals surface area contributed by atoms with Crippen molar-refractivity contribution in [2.45, 2.75) is 37.4 Å². The van der Waals surface area contributed by atoms with Crippen LogP contribution in [0.4, 0.5) is 0 Å². The predicted octanol–water partition coefficient (Wildman–Crippen LogP) is 5.43. The van der Waals surface area contributed by atoms with Crippen LogP contribution in [0.3, 0.4) is 0 Å². The molecule has 2 bridgehead atoms. The second kappa shape index (κ2) is 8.18. The van der Waals surface area contributed by atoms with Crippen molar-refractivity contribution >= 4 is 11.9 Å². The summed E-state index contributed by atoms with van der Waals surface area (Å²) in [5.74, 6) is 0.387. The summed E-state index contributed by atoms with van der Waals surface area (Å²) in [4.78, 5) is 26.1. The van der Waals surface area contributed by atoms with Gasteiger partial charge in [0.15, 0.2) is 0 Å². The van der Waals surface area contributed by atoms with Crippen molar-refractivity contribution in [3.63, 3.8) is 0 Å². The van der Waals surface area contributed by atoms with Gasteiger partial charge in [-0.05, 0) is 66.5 Å². The lowest BCUT2D eigenvalue weighted by Crippen LogP contribution is -2.57. The zero-order valence-corrected chi connectivity index (χ0v) is 18.3. The summed E-state index contributed by atoms with van der Waals surface area (Å²) in [5.41, 5.74) is 3.81. The summed E-state index contributed by atoms with van der Waals surface area (Å²) in [5, 5.41) is 0. The molecule has 4 aliphatic carbocycles. The van der Waals surface area contributed by atoms with Gasteiger partial charge in [0.25, 0.3) is 0 Å². The van der Waals surface area contributed by atoms with Crippen molar-refractivity contribution in [1.82, 2.24) is 0 Å². The highest BCUT2D eigenvalue weighted by atomic mass is 16.6. The highest BCUT2D eigenvalue weighted by Gasteiger charge is 2.59. The molecule has 0 heterocycles. The van der Waals surface area contributed by atoms with Crippen LogP contribution in [0.25, 0.3) is 0 Å². The molecule has 4 nitrogen and oxygen atoms in total. The quantitative estimate of drug-likeness (QED) is 0.510. The van der Waals surface area contributed by atoms with Gasteiger partial charge >= 0.3 is 11.9 Å². The Kier molecular flexibility index (Phi) is 5.01. The van der Waals surface area contributed by atoms with E-state index in [-0.39, 0.29) is 23.8 Å². The van der Waals surface area contributed by atoms with E-state index < -0.39 is 12.2 Å². The Morgan fingerprint density at radius 2 is 1.12 bits per heavy atom. The summed E-state index contributed by atoms with van der Waals surface area (Å²) in [6, 6.07) is 26.8. The van der Waals surface area contributed by atoms with E-state index in [1.54, 1.807) is 24.3 Å². The molecule has 3 fully saturated rings. The average molecular weight is 439 g/mol. The zero-order valence-electron chi connectivity index (χ0n) is 18.3. The number of benzene rings is 3. The molecule has 0 aliphatic heterocycles. The first-order valence-corrected chi connectivity index (χ1v) is 11.8. The molecule has 0 spiro atoms. The molecule has 0 N–H and O–H groups in total. The largest absolute Gasteiger partial charge is 0.455 e. The van der Waals surface area contributed by atoms with Gasteiger partial charge in [0.1, 0.15) is 12.2 Å². The minimum atomic E-state index is -0.448. The molecule has 3 aromatic rings. The van der Waals surface area contributed by atoms with Gasteiger partial charge in [-0.3, -0.25) is 0 Å². The third-order valence-electron chi connectivity index (χ3n) is 7.85. The van der Waals surface area contributed by atoms with Crippen LogP contribution in [-0.4, -0.2) is 24.1 Å². The van der Waals surface area contributed by atoms with Gasteiger partial charge < -0.3 is 9.47 Å². The number of carbonyl (C=O) groups excluding carboxylic acids is 2. The van der Waals surface area contributed by atoms with E-state index in [9.17, 15) is 9.59 Å². The zero-order chi connectivity index (χ0) is 22.4.